The van der Waals surface area contributed by atoms with Crippen molar-refractivity contribution in [3.05, 3.63) is 63.6 Å². The standard InChI is InChI=1S/C16H14Cl2O2S/c1-2-20-16(19)13-8-12(17)9-14(15(13)18)21-10-11-6-4-3-5-7-11/h3-9H,2,10H2,1H3. The van der Waals surface area contributed by atoms with Crippen LogP contribution >= 0.6 is 35.0 Å². The van der Waals surface area contributed by atoms with E-state index in [1.807, 2.05) is 30.3 Å². The van der Waals surface area contributed by atoms with Crippen molar-refractivity contribution in [3.8, 4) is 0 Å². The van der Waals surface area contributed by atoms with E-state index in [9.17, 15) is 4.79 Å². The molecule has 0 aliphatic heterocycles. The summed E-state index contributed by atoms with van der Waals surface area (Å²) in [6.45, 7) is 2.05. The molecular weight excluding hydrogens is 327 g/mol. The number of hydrogen-bond donors (Lipinski definition) is 0. The van der Waals surface area contributed by atoms with Gasteiger partial charge < -0.3 is 4.74 Å². The van der Waals surface area contributed by atoms with Gasteiger partial charge in [0.15, 0.2) is 0 Å². The minimum Gasteiger partial charge on any atom is -0.462 e. The number of carbonyl (C=O) groups excluding carboxylic acids is 1. The fraction of sp³-hybridized carbons (Fsp3) is 0.188. The van der Waals surface area contributed by atoms with E-state index in [1.54, 1.807) is 13.0 Å². The van der Waals surface area contributed by atoms with Gasteiger partial charge in [0, 0.05) is 15.7 Å². The molecule has 110 valence electrons. The Morgan fingerprint density at radius 2 is 1.90 bits per heavy atom. The zero-order valence-corrected chi connectivity index (χ0v) is 13.8. The van der Waals surface area contributed by atoms with Gasteiger partial charge in [0.2, 0.25) is 0 Å². The van der Waals surface area contributed by atoms with Gasteiger partial charge in [-0.3, -0.25) is 0 Å². The lowest BCUT2D eigenvalue weighted by Gasteiger charge is -2.10. The van der Waals surface area contributed by atoms with E-state index in [0.29, 0.717) is 22.2 Å². The minimum atomic E-state index is -0.452. The van der Waals surface area contributed by atoms with Gasteiger partial charge in [0.05, 0.1) is 17.2 Å². The van der Waals surface area contributed by atoms with Gasteiger partial charge in [-0.15, -0.1) is 11.8 Å². The van der Waals surface area contributed by atoms with Crippen molar-refractivity contribution in [2.75, 3.05) is 6.61 Å². The van der Waals surface area contributed by atoms with Gasteiger partial charge in [0.1, 0.15) is 0 Å². The number of benzene rings is 2. The third-order valence-electron chi connectivity index (χ3n) is 2.74. The van der Waals surface area contributed by atoms with Crippen LogP contribution in [0.5, 0.6) is 0 Å². The molecule has 0 amide bonds. The molecule has 0 aliphatic rings. The number of thioether (sulfide) groups is 1. The number of halogens is 2. The highest BCUT2D eigenvalue weighted by Gasteiger charge is 2.16. The van der Waals surface area contributed by atoms with Gasteiger partial charge >= 0.3 is 5.97 Å². The molecule has 0 bridgehead atoms. The largest absolute Gasteiger partial charge is 0.462 e. The number of hydrogen-bond acceptors (Lipinski definition) is 3. The summed E-state index contributed by atoms with van der Waals surface area (Å²) in [5.41, 5.74) is 1.48. The van der Waals surface area contributed by atoms with Crippen LogP contribution in [-0.4, -0.2) is 12.6 Å². The molecule has 0 radical (unpaired) electrons. The number of ether oxygens (including phenoxy) is 1. The Kier molecular flexibility index (Phi) is 5.97. The molecule has 0 saturated carbocycles. The molecule has 2 rings (SSSR count). The Hall–Kier alpha value is -1.16. The first-order valence-electron chi connectivity index (χ1n) is 6.44. The van der Waals surface area contributed by atoms with Crippen molar-refractivity contribution in [1.82, 2.24) is 0 Å². The molecule has 0 N–H and O–H groups in total. The molecule has 5 heteroatoms. The zero-order chi connectivity index (χ0) is 15.2. The smallest absolute Gasteiger partial charge is 0.339 e. The van der Waals surface area contributed by atoms with Crippen LogP contribution in [0, 0.1) is 0 Å². The Bertz CT molecular complexity index is 630. The fourth-order valence-corrected chi connectivity index (χ4v) is 3.36. The van der Waals surface area contributed by atoms with Gasteiger partial charge in [-0.25, -0.2) is 4.79 Å². The molecule has 21 heavy (non-hydrogen) atoms. The molecule has 0 heterocycles. The Morgan fingerprint density at radius 3 is 2.57 bits per heavy atom. The summed E-state index contributed by atoms with van der Waals surface area (Å²) < 4.78 is 4.99. The lowest BCUT2D eigenvalue weighted by molar-refractivity contribution is 0.0526. The highest BCUT2D eigenvalue weighted by Crippen LogP contribution is 2.35. The average Bonchev–Trinajstić information content (AvgIpc) is 2.49. The summed E-state index contributed by atoms with van der Waals surface area (Å²) in [6, 6.07) is 13.3. The molecule has 2 nitrogen and oxygen atoms in total. The normalized spacial score (nSPS) is 10.4. The maximum Gasteiger partial charge on any atom is 0.339 e. The van der Waals surface area contributed by atoms with Gasteiger partial charge in [-0.2, -0.15) is 0 Å². The maximum atomic E-state index is 11.9. The van der Waals surface area contributed by atoms with E-state index in [0.717, 1.165) is 10.6 Å². The first-order valence-corrected chi connectivity index (χ1v) is 8.19. The van der Waals surface area contributed by atoms with Crippen molar-refractivity contribution >= 4 is 40.9 Å². The fourth-order valence-electron chi connectivity index (χ4n) is 1.76. The van der Waals surface area contributed by atoms with Gasteiger partial charge in [0.25, 0.3) is 0 Å². The van der Waals surface area contributed by atoms with Crippen molar-refractivity contribution < 1.29 is 9.53 Å². The van der Waals surface area contributed by atoms with Crippen molar-refractivity contribution in [3.63, 3.8) is 0 Å². The molecule has 0 unspecified atom stereocenters. The summed E-state index contributed by atoms with van der Waals surface area (Å²) in [7, 11) is 0. The van der Waals surface area contributed by atoms with Crippen LogP contribution < -0.4 is 0 Å². The number of esters is 1. The summed E-state index contributed by atoms with van der Waals surface area (Å²) in [4.78, 5) is 12.6. The molecule has 2 aromatic rings. The molecule has 0 spiro atoms. The van der Waals surface area contributed by atoms with E-state index in [4.69, 9.17) is 27.9 Å². The zero-order valence-electron chi connectivity index (χ0n) is 11.4. The first-order chi connectivity index (χ1) is 10.1. The third kappa shape index (κ3) is 4.40. The quantitative estimate of drug-likeness (QED) is 0.533. The second-order valence-electron chi connectivity index (χ2n) is 4.26. The topological polar surface area (TPSA) is 26.3 Å². The summed E-state index contributed by atoms with van der Waals surface area (Å²) in [5.74, 6) is 0.301. The molecule has 0 saturated heterocycles. The summed E-state index contributed by atoms with van der Waals surface area (Å²) in [6.07, 6.45) is 0. The van der Waals surface area contributed by atoms with Crippen LogP contribution in [0.4, 0.5) is 0 Å². The molecule has 0 aromatic heterocycles. The predicted molar refractivity (Wildman–Crippen MR) is 88.4 cm³/mol. The van der Waals surface area contributed by atoms with Crippen LogP contribution in [0.1, 0.15) is 22.8 Å². The van der Waals surface area contributed by atoms with Gasteiger partial charge in [-0.1, -0.05) is 53.5 Å². The van der Waals surface area contributed by atoms with E-state index in [2.05, 4.69) is 0 Å². The van der Waals surface area contributed by atoms with Crippen molar-refractivity contribution in [2.45, 2.75) is 17.6 Å². The van der Waals surface area contributed by atoms with Crippen LogP contribution in [0.3, 0.4) is 0 Å². The highest BCUT2D eigenvalue weighted by atomic mass is 35.5. The number of carbonyl (C=O) groups is 1. The van der Waals surface area contributed by atoms with Crippen LogP contribution in [0.2, 0.25) is 10.0 Å². The Morgan fingerprint density at radius 1 is 1.19 bits per heavy atom. The van der Waals surface area contributed by atoms with E-state index >= 15 is 0 Å². The molecular formula is C16H14Cl2O2S. The van der Waals surface area contributed by atoms with E-state index < -0.39 is 5.97 Å². The van der Waals surface area contributed by atoms with Crippen molar-refractivity contribution in [2.24, 2.45) is 0 Å². The van der Waals surface area contributed by atoms with Crippen LogP contribution in [0.25, 0.3) is 0 Å². The van der Waals surface area contributed by atoms with Gasteiger partial charge in [-0.05, 0) is 24.6 Å². The SMILES string of the molecule is CCOC(=O)c1cc(Cl)cc(SCc2ccccc2)c1Cl. The van der Waals surface area contributed by atoms with Crippen LogP contribution in [-0.2, 0) is 10.5 Å². The second-order valence-corrected chi connectivity index (χ2v) is 6.09. The van der Waals surface area contributed by atoms with E-state index in [-0.39, 0.29) is 0 Å². The second kappa shape index (κ2) is 7.74. The van der Waals surface area contributed by atoms with Crippen molar-refractivity contribution in [1.29, 1.82) is 0 Å². The maximum absolute atomic E-state index is 11.9. The van der Waals surface area contributed by atoms with E-state index in [1.165, 1.54) is 23.4 Å². The summed E-state index contributed by atoms with van der Waals surface area (Å²) in [5, 5.41) is 0.858. The lowest BCUT2D eigenvalue weighted by atomic mass is 10.2. The molecule has 2 aromatic carbocycles. The Balaban J connectivity index is 2.21. The van der Waals surface area contributed by atoms with Crippen LogP contribution in [0.15, 0.2) is 47.4 Å². The molecule has 0 atom stereocenters. The average molecular weight is 341 g/mol. The first kappa shape index (κ1) is 16.2. The lowest BCUT2D eigenvalue weighted by Crippen LogP contribution is -2.06. The molecule has 0 fully saturated rings. The third-order valence-corrected chi connectivity index (χ3v) is 4.58. The predicted octanol–water partition coefficient (Wildman–Crippen LogP) is 5.46. The molecule has 0 aliphatic carbocycles. The minimum absolute atomic E-state index is 0.300. The summed E-state index contributed by atoms with van der Waals surface area (Å²) >= 11 is 13.9. The Labute approximate surface area is 138 Å². The monoisotopic (exact) mass is 340 g/mol. The number of rotatable bonds is 5. The highest BCUT2D eigenvalue weighted by molar-refractivity contribution is 7.98.